The highest BCUT2D eigenvalue weighted by Gasteiger charge is 2.24. The van der Waals surface area contributed by atoms with Crippen LogP contribution in [0.3, 0.4) is 0 Å². The fourth-order valence-corrected chi connectivity index (χ4v) is 3.13. The van der Waals surface area contributed by atoms with Crippen LogP contribution in [0.5, 0.6) is 0 Å². The van der Waals surface area contributed by atoms with Crippen molar-refractivity contribution >= 4 is 17.4 Å². The van der Waals surface area contributed by atoms with Gasteiger partial charge in [0.05, 0.1) is 0 Å². The maximum absolute atomic E-state index is 12.8. The Morgan fingerprint density at radius 2 is 2.04 bits per heavy atom. The predicted octanol–water partition coefficient (Wildman–Crippen LogP) is 3.85. The molecule has 0 atom stereocenters. The van der Waals surface area contributed by atoms with E-state index in [2.05, 4.69) is 31.2 Å². The number of carbonyl (C=O) groups is 1. The smallest absolute Gasteiger partial charge is 0.274 e. The van der Waals surface area contributed by atoms with Gasteiger partial charge < -0.3 is 15.1 Å². The molecule has 1 aromatic carbocycles. The first-order valence-corrected chi connectivity index (χ1v) is 9.73. The summed E-state index contributed by atoms with van der Waals surface area (Å²) < 4.78 is 0. The Labute approximate surface area is 167 Å². The van der Waals surface area contributed by atoms with E-state index < -0.39 is 0 Å². The number of nitrogens with zero attached hydrogens (tertiary/aromatic N) is 4. The van der Waals surface area contributed by atoms with E-state index in [4.69, 9.17) is 0 Å². The van der Waals surface area contributed by atoms with Gasteiger partial charge in [0.1, 0.15) is 17.8 Å². The minimum absolute atomic E-state index is 0.223. The van der Waals surface area contributed by atoms with Crippen LogP contribution in [0, 0.1) is 12.8 Å². The third-order valence-electron chi connectivity index (χ3n) is 4.70. The summed E-state index contributed by atoms with van der Waals surface area (Å²) in [6, 6.07) is 7.85. The molecule has 148 valence electrons. The van der Waals surface area contributed by atoms with E-state index in [1.807, 2.05) is 52.4 Å². The van der Waals surface area contributed by atoms with Crippen LogP contribution in [0.2, 0.25) is 0 Å². The Bertz CT molecular complexity index is 858. The Kier molecular flexibility index (Phi) is 6.41. The highest BCUT2D eigenvalue weighted by Crippen LogP contribution is 2.31. The fraction of sp³-hybridized carbons (Fsp3) is 0.409. The van der Waals surface area contributed by atoms with Crippen LogP contribution in [0.25, 0.3) is 0 Å². The van der Waals surface area contributed by atoms with E-state index in [9.17, 15) is 4.79 Å². The summed E-state index contributed by atoms with van der Waals surface area (Å²) in [6.45, 7) is 5.78. The molecule has 1 fully saturated rings. The first-order chi connectivity index (χ1) is 13.5. The number of aryl methyl sites for hydroxylation is 1. The molecule has 0 unspecified atom stereocenters. The van der Waals surface area contributed by atoms with E-state index in [-0.39, 0.29) is 5.91 Å². The average Bonchev–Trinajstić information content (AvgIpc) is 3.47. The van der Waals surface area contributed by atoms with E-state index >= 15 is 0 Å². The van der Waals surface area contributed by atoms with Gasteiger partial charge in [0.15, 0.2) is 0 Å². The van der Waals surface area contributed by atoms with Crippen molar-refractivity contribution in [1.82, 2.24) is 14.9 Å². The zero-order valence-electron chi connectivity index (χ0n) is 17.1. The minimum Gasteiger partial charge on any atom is -0.333 e. The lowest BCUT2D eigenvalue weighted by molar-refractivity contribution is 0.102. The van der Waals surface area contributed by atoms with Crippen molar-refractivity contribution in [2.45, 2.75) is 33.2 Å². The van der Waals surface area contributed by atoms with Gasteiger partial charge in [0.2, 0.25) is 0 Å². The van der Waals surface area contributed by atoms with Crippen LogP contribution in [-0.2, 0) is 6.54 Å². The maximum Gasteiger partial charge on any atom is 0.274 e. The van der Waals surface area contributed by atoms with E-state index in [0.29, 0.717) is 11.6 Å². The summed E-state index contributed by atoms with van der Waals surface area (Å²) in [4.78, 5) is 25.5. The van der Waals surface area contributed by atoms with Crippen molar-refractivity contribution in [3.63, 3.8) is 0 Å². The van der Waals surface area contributed by atoms with Crippen LogP contribution < -0.4 is 10.2 Å². The third kappa shape index (κ3) is 5.39. The molecule has 1 aliphatic carbocycles. The zero-order valence-corrected chi connectivity index (χ0v) is 17.1. The van der Waals surface area contributed by atoms with Crippen LogP contribution in [0.1, 0.15) is 41.4 Å². The van der Waals surface area contributed by atoms with Crippen molar-refractivity contribution in [3.05, 3.63) is 59.7 Å². The van der Waals surface area contributed by atoms with Gasteiger partial charge in [-0.25, -0.2) is 9.97 Å². The molecular weight excluding hydrogens is 350 g/mol. The van der Waals surface area contributed by atoms with Gasteiger partial charge in [-0.2, -0.15) is 0 Å². The molecule has 1 amide bonds. The Hall–Kier alpha value is -2.73. The first-order valence-electron chi connectivity index (χ1n) is 9.73. The highest BCUT2D eigenvalue weighted by molar-refractivity contribution is 6.03. The SMILES string of the molecule is C/C=C/N(CC1CC1)c1cc(C(=O)Nc2ccc(CN(C)C)cc2C)ncn1. The molecule has 6 nitrogen and oxygen atoms in total. The average molecular weight is 380 g/mol. The second-order valence-corrected chi connectivity index (χ2v) is 7.68. The maximum atomic E-state index is 12.8. The van der Waals surface area contributed by atoms with Crippen molar-refractivity contribution in [2.24, 2.45) is 5.92 Å². The van der Waals surface area contributed by atoms with Crippen molar-refractivity contribution < 1.29 is 4.79 Å². The lowest BCUT2D eigenvalue weighted by Gasteiger charge is -2.19. The number of anilines is 2. The van der Waals surface area contributed by atoms with Gasteiger partial charge in [-0.05, 0) is 63.9 Å². The van der Waals surface area contributed by atoms with Gasteiger partial charge in [0, 0.05) is 31.0 Å². The molecule has 0 bridgehead atoms. The molecule has 3 rings (SSSR count). The summed E-state index contributed by atoms with van der Waals surface area (Å²) in [5.41, 5.74) is 3.42. The number of rotatable bonds is 8. The number of amides is 1. The normalized spacial score (nSPS) is 13.9. The summed E-state index contributed by atoms with van der Waals surface area (Å²) in [5.74, 6) is 1.24. The number of allylic oxidation sites excluding steroid dienone is 1. The second kappa shape index (κ2) is 8.97. The predicted molar refractivity (Wildman–Crippen MR) is 113 cm³/mol. The number of hydrogen-bond donors (Lipinski definition) is 1. The Balaban J connectivity index is 1.74. The second-order valence-electron chi connectivity index (χ2n) is 7.68. The van der Waals surface area contributed by atoms with Crippen molar-refractivity contribution in [3.8, 4) is 0 Å². The van der Waals surface area contributed by atoms with E-state index in [0.717, 1.165) is 30.2 Å². The fourth-order valence-electron chi connectivity index (χ4n) is 3.13. The summed E-state index contributed by atoms with van der Waals surface area (Å²) >= 11 is 0. The number of nitrogens with one attached hydrogen (secondary N) is 1. The number of aromatic nitrogens is 2. The van der Waals surface area contributed by atoms with Crippen LogP contribution in [0.15, 0.2) is 42.9 Å². The molecule has 6 heteroatoms. The summed E-state index contributed by atoms with van der Waals surface area (Å²) in [5, 5.41) is 2.98. The molecule has 1 heterocycles. The van der Waals surface area contributed by atoms with Crippen LogP contribution in [0.4, 0.5) is 11.5 Å². The lowest BCUT2D eigenvalue weighted by Crippen LogP contribution is -2.22. The molecule has 0 radical (unpaired) electrons. The number of carbonyl (C=O) groups excluding carboxylic acids is 1. The van der Waals surface area contributed by atoms with Gasteiger partial charge in [0.25, 0.3) is 5.91 Å². The summed E-state index contributed by atoms with van der Waals surface area (Å²) in [7, 11) is 4.08. The number of hydrogen-bond acceptors (Lipinski definition) is 5. The Morgan fingerprint density at radius 1 is 1.25 bits per heavy atom. The highest BCUT2D eigenvalue weighted by atomic mass is 16.1. The molecule has 28 heavy (non-hydrogen) atoms. The molecular formula is C22H29N5O. The van der Waals surface area contributed by atoms with Gasteiger partial charge in [-0.3, -0.25) is 4.79 Å². The van der Waals surface area contributed by atoms with Gasteiger partial charge >= 0.3 is 0 Å². The molecule has 1 N–H and O–H groups in total. The molecule has 1 saturated carbocycles. The third-order valence-corrected chi connectivity index (χ3v) is 4.70. The van der Waals surface area contributed by atoms with Gasteiger partial charge in [-0.1, -0.05) is 18.2 Å². The quantitative estimate of drug-likeness (QED) is 0.755. The largest absolute Gasteiger partial charge is 0.333 e. The lowest BCUT2D eigenvalue weighted by atomic mass is 10.1. The Morgan fingerprint density at radius 3 is 2.68 bits per heavy atom. The van der Waals surface area contributed by atoms with Crippen molar-refractivity contribution in [2.75, 3.05) is 30.9 Å². The molecule has 2 aromatic rings. The number of benzene rings is 1. The molecule has 0 spiro atoms. The molecule has 0 saturated heterocycles. The van der Waals surface area contributed by atoms with E-state index in [1.165, 1.54) is 24.7 Å². The van der Waals surface area contributed by atoms with Crippen LogP contribution in [-0.4, -0.2) is 41.4 Å². The topological polar surface area (TPSA) is 61.4 Å². The zero-order chi connectivity index (χ0) is 20.1. The first kappa shape index (κ1) is 20.0. The molecule has 1 aliphatic rings. The van der Waals surface area contributed by atoms with Gasteiger partial charge in [-0.15, -0.1) is 0 Å². The monoisotopic (exact) mass is 379 g/mol. The van der Waals surface area contributed by atoms with E-state index in [1.54, 1.807) is 6.07 Å². The summed E-state index contributed by atoms with van der Waals surface area (Å²) in [6.07, 6.45) is 7.98. The minimum atomic E-state index is -0.223. The standard InChI is InChI=1S/C22H29N5O/c1-5-10-27(14-17-6-7-17)21-12-20(23-15-24-21)22(28)25-19-9-8-18(11-16(19)2)13-26(3)4/h5,8-12,15,17H,6-7,13-14H2,1-4H3,(H,25,28)/b10-5+. The molecule has 0 aliphatic heterocycles. The molecule has 1 aromatic heterocycles. The van der Waals surface area contributed by atoms with Crippen LogP contribution >= 0.6 is 0 Å². The van der Waals surface area contributed by atoms with Crippen molar-refractivity contribution in [1.29, 1.82) is 0 Å².